The van der Waals surface area contributed by atoms with E-state index in [-0.39, 0.29) is 12.6 Å². The second-order valence-corrected chi connectivity index (χ2v) is 4.10. The standard InChI is InChI=1S/C10H14ClN3O/c11-10-9(12-3-4-13-10)6-14-5-1-2-8(14)7-15/h3-4,8,15H,1-2,5-7H2/t8-/m0/s1. The largest absolute Gasteiger partial charge is 0.395 e. The second kappa shape index (κ2) is 4.88. The van der Waals surface area contributed by atoms with Crippen LogP contribution in [0.25, 0.3) is 0 Å². The molecule has 0 spiro atoms. The first-order chi connectivity index (χ1) is 7.31. The fourth-order valence-corrected chi connectivity index (χ4v) is 2.12. The summed E-state index contributed by atoms with van der Waals surface area (Å²) < 4.78 is 0. The van der Waals surface area contributed by atoms with E-state index in [4.69, 9.17) is 11.6 Å². The van der Waals surface area contributed by atoms with E-state index in [1.54, 1.807) is 12.4 Å². The Hall–Kier alpha value is -0.710. The molecule has 2 rings (SSSR count). The lowest BCUT2D eigenvalue weighted by atomic mass is 10.2. The normalized spacial score (nSPS) is 22.1. The highest BCUT2D eigenvalue weighted by Gasteiger charge is 2.24. The number of likely N-dealkylation sites (tertiary alicyclic amines) is 1. The van der Waals surface area contributed by atoms with Crippen molar-refractivity contribution in [2.75, 3.05) is 13.2 Å². The maximum atomic E-state index is 9.17. The average Bonchev–Trinajstić information content (AvgIpc) is 2.69. The first kappa shape index (κ1) is 10.8. The van der Waals surface area contributed by atoms with Crippen LogP contribution in [0, 0.1) is 0 Å². The van der Waals surface area contributed by atoms with Crippen LogP contribution in [0.5, 0.6) is 0 Å². The first-order valence-corrected chi connectivity index (χ1v) is 5.49. The molecule has 0 saturated carbocycles. The Bertz CT molecular complexity index is 334. The Morgan fingerprint density at radius 1 is 1.47 bits per heavy atom. The molecule has 0 unspecified atom stereocenters. The van der Waals surface area contributed by atoms with Crippen LogP contribution < -0.4 is 0 Å². The van der Waals surface area contributed by atoms with Gasteiger partial charge in [-0.2, -0.15) is 0 Å². The molecule has 5 heteroatoms. The molecule has 1 N–H and O–H groups in total. The molecule has 4 nitrogen and oxygen atoms in total. The minimum Gasteiger partial charge on any atom is -0.395 e. The van der Waals surface area contributed by atoms with Gasteiger partial charge in [-0.05, 0) is 19.4 Å². The molecule has 0 aromatic carbocycles. The van der Waals surface area contributed by atoms with Gasteiger partial charge in [-0.1, -0.05) is 11.6 Å². The smallest absolute Gasteiger partial charge is 0.151 e. The van der Waals surface area contributed by atoms with Crippen molar-refractivity contribution in [3.05, 3.63) is 23.2 Å². The summed E-state index contributed by atoms with van der Waals surface area (Å²) in [6.45, 7) is 1.88. The number of aliphatic hydroxyl groups is 1. The highest BCUT2D eigenvalue weighted by atomic mass is 35.5. The van der Waals surface area contributed by atoms with Crippen LogP contribution >= 0.6 is 11.6 Å². The number of halogens is 1. The van der Waals surface area contributed by atoms with E-state index in [9.17, 15) is 5.11 Å². The molecule has 82 valence electrons. The highest BCUT2D eigenvalue weighted by molar-refractivity contribution is 6.29. The summed E-state index contributed by atoms with van der Waals surface area (Å²) in [6, 6.07) is 0.253. The van der Waals surface area contributed by atoms with Crippen molar-refractivity contribution in [1.82, 2.24) is 14.9 Å². The summed E-state index contributed by atoms with van der Waals surface area (Å²) >= 11 is 5.93. The highest BCUT2D eigenvalue weighted by Crippen LogP contribution is 2.20. The zero-order valence-electron chi connectivity index (χ0n) is 8.43. The van der Waals surface area contributed by atoms with Crippen molar-refractivity contribution in [3.8, 4) is 0 Å². The van der Waals surface area contributed by atoms with Gasteiger partial charge in [-0.25, -0.2) is 4.98 Å². The Balaban J connectivity index is 2.05. The van der Waals surface area contributed by atoms with Crippen molar-refractivity contribution in [1.29, 1.82) is 0 Å². The summed E-state index contributed by atoms with van der Waals surface area (Å²) in [7, 11) is 0. The van der Waals surface area contributed by atoms with Gasteiger partial charge in [0.2, 0.25) is 0 Å². The summed E-state index contributed by atoms with van der Waals surface area (Å²) in [6.07, 6.45) is 5.40. The van der Waals surface area contributed by atoms with Gasteiger partial charge < -0.3 is 5.11 Å². The van der Waals surface area contributed by atoms with Crippen molar-refractivity contribution in [2.45, 2.75) is 25.4 Å². The lowest BCUT2D eigenvalue weighted by Gasteiger charge is -2.22. The molecule has 0 radical (unpaired) electrons. The third-order valence-corrected chi connectivity index (χ3v) is 3.10. The van der Waals surface area contributed by atoms with E-state index in [0.717, 1.165) is 25.1 Å². The number of hydrogen-bond acceptors (Lipinski definition) is 4. The van der Waals surface area contributed by atoms with Gasteiger partial charge >= 0.3 is 0 Å². The van der Waals surface area contributed by atoms with E-state index in [0.29, 0.717) is 11.7 Å². The Morgan fingerprint density at radius 3 is 3.00 bits per heavy atom. The summed E-state index contributed by atoms with van der Waals surface area (Å²) in [5.41, 5.74) is 0.791. The molecular formula is C10H14ClN3O. The summed E-state index contributed by atoms with van der Waals surface area (Å²) in [5.74, 6) is 0. The Labute approximate surface area is 93.9 Å². The number of aliphatic hydroxyl groups excluding tert-OH is 1. The second-order valence-electron chi connectivity index (χ2n) is 3.74. The van der Waals surface area contributed by atoms with E-state index in [1.807, 2.05) is 0 Å². The molecule has 1 aliphatic heterocycles. The van der Waals surface area contributed by atoms with Gasteiger partial charge in [0.25, 0.3) is 0 Å². The number of aromatic nitrogens is 2. The van der Waals surface area contributed by atoms with E-state index in [2.05, 4.69) is 14.9 Å². The first-order valence-electron chi connectivity index (χ1n) is 5.11. The maximum Gasteiger partial charge on any atom is 0.151 e. The third kappa shape index (κ3) is 2.45. The molecule has 2 heterocycles. The van der Waals surface area contributed by atoms with Crippen LogP contribution in [0.4, 0.5) is 0 Å². The molecule has 1 fully saturated rings. The van der Waals surface area contributed by atoms with Crippen LogP contribution in [-0.4, -0.2) is 39.2 Å². The van der Waals surface area contributed by atoms with Crippen molar-refractivity contribution in [3.63, 3.8) is 0 Å². The van der Waals surface area contributed by atoms with Crippen molar-refractivity contribution >= 4 is 11.6 Å². The van der Waals surface area contributed by atoms with Gasteiger partial charge in [-0.15, -0.1) is 0 Å². The molecule has 0 aliphatic carbocycles. The summed E-state index contributed by atoms with van der Waals surface area (Å²) in [4.78, 5) is 10.4. The van der Waals surface area contributed by atoms with E-state index >= 15 is 0 Å². The van der Waals surface area contributed by atoms with Gasteiger partial charge in [0, 0.05) is 25.0 Å². The molecule has 1 aromatic rings. The fraction of sp³-hybridized carbons (Fsp3) is 0.600. The van der Waals surface area contributed by atoms with Crippen molar-refractivity contribution < 1.29 is 5.11 Å². The monoisotopic (exact) mass is 227 g/mol. The maximum absolute atomic E-state index is 9.17. The van der Waals surface area contributed by atoms with Crippen LogP contribution in [-0.2, 0) is 6.54 Å². The Morgan fingerprint density at radius 2 is 2.27 bits per heavy atom. The van der Waals surface area contributed by atoms with E-state index < -0.39 is 0 Å². The lowest BCUT2D eigenvalue weighted by molar-refractivity contribution is 0.152. The molecule has 1 aliphatic rings. The molecule has 1 saturated heterocycles. The zero-order valence-corrected chi connectivity index (χ0v) is 9.19. The van der Waals surface area contributed by atoms with Gasteiger partial charge in [0.1, 0.15) is 0 Å². The van der Waals surface area contributed by atoms with Crippen LogP contribution in [0.15, 0.2) is 12.4 Å². The Kier molecular flexibility index (Phi) is 3.51. The number of hydrogen-bond donors (Lipinski definition) is 1. The van der Waals surface area contributed by atoms with E-state index in [1.165, 1.54) is 0 Å². The third-order valence-electron chi connectivity index (χ3n) is 2.79. The topological polar surface area (TPSA) is 49.2 Å². The molecule has 0 amide bonds. The van der Waals surface area contributed by atoms with Gasteiger partial charge in [-0.3, -0.25) is 9.88 Å². The predicted octanol–water partition coefficient (Wildman–Crippen LogP) is 1.09. The van der Waals surface area contributed by atoms with Gasteiger partial charge in [0.15, 0.2) is 5.15 Å². The average molecular weight is 228 g/mol. The van der Waals surface area contributed by atoms with Gasteiger partial charge in [0.05, 0.1) is 12.3 Å². The van der Waals surface area contributed by atoms with Crippen LogP contribution in [0.3, 0.4) is 0 Å². The predicted molar refractivity (Wildman–Crippen MR) is 57.6 cm³/mol. The number of rotatable bonds is 3. The lowest BCUT2D eigenvalue weighted by Crippen LogP contribution is -2.32. The molecule has 1 atom stereocenters. The number of nitrogens with zero attached hydrogens (tertiary/aromatic N) is 3. The molecular weight excluding hydrogens is 214 g/mol. The SMILES string of the molecule is OC[C@@H]1CCCN1Cc1nccnc1Cl. The minimum absolute atomic E-state index is 0.206. The quantitative estimate of drug-likeness (QED) is 0.840. The summed E-state index contributed by atoms with van der Waals surface area (Å²) in [5, 5.41) is 9.63. The van der Waals surface area contributed by atoms with Crippen LogP contribution in [0.1, 0.15) is 18.5 Å². The molecule has 15 heavy (non-hydrogen) atoms. The fourth-order valence-electron chi connectivity index (χ4n) is 1.96. The molecule has 0 bridgehead atoms. The minimum atomic E-state index is 0.206. The molecule has 1 aromatic heterocycles. The van der Waals surface area contributed by atoms with Crippen LogP contribution in [0.2, 0.25) is 5.15 Å². The zero-order chi connectivity index (χ0) is 10.7. The van der Waals surface area contributed by atoms with Crippen molar-refractivity contribution in [2.24, 2.45) is 0 Å².